The fourth-order valence-corrected chi connectivity index (χ4v) is 4.75. The lowest BCUT2D eigenvalue weighted by Gasteiger charge is -2.22. The van der Waals surface area contributed by atoms with Gasteiger partial charge in [0, 0.05) is 52.9 Å². The maximum absolute atomic E-state index is 14.1. The molecular formula is C28H28ClFN4O4. The lowest BCUT2D eigenvalue weighted by Crippen LogP contribution is -2.43. The van der Waals surface area contributed by atoms with Crippen LogP contribution in [0, 0.1) is 11.7 Å². The van der Waals surface area contributed by atoms with Crippen LogP contribution in [0.25, 0.3) is 10.9 Å². The minimum atomic E-state index is -0.583. The summed E-state index contributed by atoms with van der Waals surface area (Å²) >= 11 is 5.80. The van der Waals surface area contributed by atoms with Gasteiger partial charge in [-0.1, -0.05) is 23.7 Å². The maximum Gasteiger partial charge on any atom is 0.243 e. The summed E-state index contributed by atoms with van der Waals surface area (Å²) < 4.78 is 15.8. The third-order valence-electron chi connectivity index (χ3n) is 6.93. The van der Waals surface area contributed by atoms with Gasteiger partial charge in [-0.25, -0.2) is 4.39 Å². The number of nitrogens with zero attached hydrogens (tertiary/aromatic N) is 2. The van der Waals surface area contributed by atoms with Gasteiger partial charge in [0.2, 0.25) is 17.7 Å². The van der Waals surface area contributed by atoms with Crippen molar-refractivity contribution >= 4 is 52.2 Å². The molecule has 5 rings (SSSR count). The van der Waals surface area contributed by atoms with Crippen LogP contribution < -0.4 is 10.6 Å². The Morgan fingerprint density at radius 2 is 1.89 bits per heavy atom. The predicted octanol–water partition coefficient (Wildman–Crippen LogP) is 4.29. The summed E-state index contributed by atoms with van der Waals surface area (Å²) in [6.45, 7) is -0.241. The van der Waals surface area contributed by atoms with Gasteiger partial charge < -0.3 is 20.1 Å². The van der Waals surface area contributed by atoms with Crippen molar-refractivity contribution in [2.45, 2.75) is 51.2 Å². The molecular weight excluding hydrogens is 511 g/mol. The van der Waals surface area contributed by atoms with Gasteiger partial charge in [-0.15, -0.1) is 0 Å². The number of aldehydes is 1. The van der Waals surface area contributed by atoms with Crippen LogP contribution in [-0.2, 0) is 27.5 Å². The number of hydrogen-bond donors (Lipinski definition) is 2. The molecule has 2 aliphatic carbocycles. The zero-order chi connectivity index (χ0) is 26.8. The predicted molar refractivity (Wildman–Crippen MR) is 141 cm³/mol. The van der Waals surface area contributed by atoms with E-state index in [1.54, 1.807) is 35.0 Å². The zero-order valence-electron chi connectivity index (χ0n) is 20.7. The molecule has 0 atom stereocenters. The third kappa shape index (κ3) is 6.05. The van der Waals surface area contributed by atoms with E-state index in [2.05, 4.69) is 10.6 Å². The average molecular weight is 539 g/mol. The van der Waals surface area contributed by atoms with Gasteiger partial charge in [0.1, 0.15) is 12.4 Å². The molecule has 2 aliphatic rings. The van der Waals surface area contributed by atoms with E-state index in [0.717, 1.165) is 32.0 Å². The smallest absolute Gasteiger partial charge is 0.243 e. The third-order valence-corrected chi connectivity index (χ3v) is 7.22. The minimum absolute atomic E-state index is 0.0204. The first-order chi connectivity index (χ1) is 18.3. The second kappa shape index (κ2) is 10.9. The number of rotatable bonds is 11. The molecule has 0 saturated heterocycles. The van der Waals surface area contributed by atoms with Crippen molar-refractivity contribution < 1.29 is 23.6 Å². The van der Waals surface area contributed by atoms with Gasteiger partial charge in [-0.2, -0.15) is 0 Å². The number of carbonyl (C=O) groups is 4. The van der Waals surface area contributed by atoms with E-state index in [1.807, 2.05) is 0 Å². The van der Waals surface area contributed by atoms with Gasteiger partial charge in [0.05, 0.1) is 11.6 Å². The summed E-state index contributed by atoms with van der Waals surface area (Å²) in [6, 6.07) is 9.81. The highest BCUT2D eigenvalue weighted by molar-refractivity contribution is 6.30. The highest BCUT2D eigenvalue weighted by atomic mass is 35.5. The Hall–Kier alpha value is -3.72. The molecule has 2 fully saturated rings. The van der Waals surface area contributed by atoms with Crippen molar-refractivity contribution in [3.05, 3.63) is 64.6 Å². The number of nitrogens with one attached hydrogen (secondary N) is 2. The van der Waals surface area contributed by atoms with Crippen molar-refractivity contribution in [1.29, 1.82) is 0 Å². The van der Waals surface area contributed by atoms with Crippen molar-refractivity contribution in [3.8, 4) is 0 Å². The molecule has 1 heterocycles. The van der Waals surface area contributed by atoms with Gasteiger partial charge in [-0.3, -0.25) is 19.2 Å². The van der Waals surface area contributed by atoms with Gasteiger partial charge >= 0.3 is 0 Å². The van der Waals surface area contributed by atoms with E-state index in [1.165, 1.54) is 17.0 Å². The molecule has 2 aromatic carbocycles. The number of hydrogen-bond acceptors (Lipinski definition) is 4. The fraction of sp³-hybridized carbons (Fsp3) is 0.357. The van der Waals surface area contributed by atoms with E-state index >= 15 is 0 Å². The Labute approximate surface area is 224 Å². The summed E-state index contributed by atoms with van der Waals surface area (Å²) in [5.41, 5.74) is 1.95. The van der Waals surface area contributed by atoms with E-state index in [9.17, 15) is 23.6 Å². The van der Waals surface area contributed by atoms with Crippen LogP contribution in [0.15, 0.2) is 42.6 Å². The molecule has 38 heavy (non-hydrogen) atoms. The first-order valence-electron chi connectivity index (χ1n) is 12.7. The molecule has 3 amide bonds. The Balaban J connectivity index is 1.25. The Kier molecular flexibility index (Phi) is 7.46. The molecule has 0 aliphatic heterocycles. The largest absolute Gasteiger partial charge is 0.350 e. The van der Waals surface area contributed by atoms with Gasteiger partial charge in [-0.05, 0) is 55.9 Å². The zero-order valence-corrected chi connectivity index (χ0v) is 21.5. The Morgan fingerprint density at radius 1 is 1.11 bits per heavy atom. The summed E-state index contributed by atoms with van der Waals surface area (Å²) in [5.74, 6) is -0.827. The highest BCUT2D eigenvalue weighted by Crippen LogP contribution is 2.33. The number of carbonyl (C=O) groups excluding carboxylic acids is 4. The average Bonchev–Trinajstić information content (AvgIpc) is 3.83. The van der Waals surface area contributed by atoms with Crippen LogP contribution in [0.3, 0.4) is 0 Å². The molecule has 10 heteroatoms. The molecule has 8 nitrogen and oxygen atoms in total. The van der Waals surface area contributed by atoms with Gasteiger partial charge in [0.25, 0.3) is 0 Å². The molecule has 0 unspecified atom stereocenters. The summed E-state index contributed by atoms with van der Waals surface area (Å²) in [6.07, 6.45) is 6.60. The van der Waals surface area contributed by atoms with Crippen molar-refractivity contribution in [1.82, 2.24) is 14.8 Å². The molecule has 0 bridgehead atoms. The maximum atomic E-state index is 14.1. The van der Waals surface area contributed by atoms with E-state index < -0.39 is 11.7 Å². The number of aromatic nitrogens is 1. The Morgan fingerprint density at radius 3 is 2.61 bits per heavy atom. The minimum Gasteiger partial charge on any atom is -0.350 e. The normalized spacial score (nSPS) is 14.8. The first-order valence-corrected chi connectivity index (χ1v) is 13.1. The first kappa shape index (κ1) is 25.9. The quantitative estimate of drug-likeness (QED) is 0.356. The van der Waals surface area contributed by atoms with Crippen LogP contribution in [0.5, 0.6) is 0 Å². The monoisotopic (exact) mass is 538 g/mol. The van der Waals surface area contributed by atoms with E-state index in [0.29, 0.717) is 34.5 Å². The number of fused-ring (bicyclic) bond motifs is 1. The topological polar surface area (TPSA) is 101 Å². The standard InChI is InChI=1S/C28H28ClFN4O4/c29-23-3-1-2-18(28(23)30)12-31-26(37)14-34(21-7-8-21)27(38)15-33-13-19(16-35)22-11-20(6-9-24(22)33)32-25(36)10-17-4-5-17/h1-3,6,9,11,13,16-17,21H,4-5,7-8,10,12,14-15H2,(H,31,37)(H,32,36). The molecule has 0 radical (unpaired) electrons. The summed E-state index contributed by atoms with van der Waals surface area (Å²) in [5, 5.41) is 6.16. The second-order valence-electron chi connectivity index (χ2n) is 10.0. The summed E-state index contributed by atoms with van der Waals surface area (Å²) in [7, 11) is 0. The van der Waals surface area contributed by atoms with Crippen LogP contribution >= 0.6 is 11.6 Å². The lowest BCUT2D eigenvalue weighted by molar-refractivity contribution is -0.137. The number of benzene rings is 2. The Bertz CT molecular complexity index is 1410. The fourth-order valence-electron chi connectivity index (χ4n) is 4.56. The molecule has 198 valence electrons. The number of amides is 3. The molecule has 0 spiro atoms. The number of halogens is 2. The van der Waals surface area contributed by atoms with E-state index in [-0.39, 0.29) is 48.1 Å². The molecule has 2 N–H and O–H groups in total. The SMILES string of the molecule is O=Cc1cn(CC(=O)N(CC(=O)NCc2cccc(Cl)c2F)C2CC2)c2ccc(NC(=O)CC3CC3)cc12. The van der Waals surface area contributed by atoms with Crippen molar-refractivity contribution in [2.24, 2.45) is 5.92 Å². The number of anilines is 1. The van der Waals surface area contributed by atoms with Crippen LogP contribution in [-0.4, -0.2) is 46.1 Å². The molecule has 2 saturated carbocycles. The molecule has 1 aromatic heterocycles. The highest BCUT2D eigenvalue weighted by Gasteiger charge is 2.34. The second-order valence-corrected chi connectivity index (χ2v) is 10.4. The van der Waals surface area contributed by atoms with Crippen LogP contribution in [0.2, 0.25) is 5.02 Å². The van der Waals surface area contributed by atoms with Crippen LogP contribution in [0.1, 0.15) is 48.0 Å². The van der Waals surface area contributed by atoms with Crippen LogP contribution in [0.4, 0.5) is 10.1 Å². The van der Waals surface area contributed by atoms with E-state index in [4.69, 9.17) is 11.6 Å². The molecule has 3 aromatic rings. The van der Waals surface area contributed by atoms with Gasteiger partial charge in [0.15, 0.2) is 6.29 Å². The summed E-state index contributed by atoms with van der Waals surface area (Å²) in [4.78, 5) is 51.4. The lowest BCUT2D eigenvalue weighted by atomic mass is 10.1. The van der Waals surface area contributed by atoms with Crippen molar-refractivity contribution in [3.63, 3.8) is 0 Å². The van der Waals surface area contributed by atoms with Crippen molar-refractivity contribution in [2.75, 3.05) is 11.9 Å².